The van der Waals surface area contributed by atoms with Crippen molar-refractivity contribution in [3.63, 3.8) is 0 Å². The summed E-state index contributed by atoms with van der Waals surface area (Å²) in [5.74, 6) is -0.363. The van der Waals surface area contributed by atoms with Crippen molar-refractivity contribution in [3.8, 4) is 0 Å². The number of carbonyl (C=O) groups excluding carboxylic acids is 2. The lowest BCUT2D eigenvalue weighted by atomic mass is 10.1. The second-order valence-electron chi connectivity index (χ2n) is 6.52. The lowest BCUT2D eigenvalue weighted by Gasteiger charge is -2.08. The minimum absolute atomic E-state index is 0.105. The van der Waals surface area contributed by atoms with E-state index in [4.69, 9.17) is 0 Å². The fraction of sp³-hybridized carbons (Fsp3) is 0.136. The van der Waals surface area contributed by atoms with Crippen LogP contribution in [0.2, 0.25) is 0 Å². The Bertz CT molecular complexity index is 1050. The molecule has 1 heterocycles. The number of amides is 2. The standard InChI is InChI=1S/C22H19N3O2S/c26-20(24-18-11-10-16-8-4-5-9-17(16)12-18)13-19-21(27)25-22(28-19)23-14-15-6-2-1-3-7-15/h1-12,19H,13-14H2,(H,24,26)(H,23,25,27). The number of anilines is 1. The average Bonchev–Trinajstić information content (AvgIpc) is 3.06. The molecule has 0 saturated carbocycles. The lowest BCUT2D eigenvalue weighted by Crippen LogP contribution is -2.28. The van der Waals surface area contributed by atoms with Crippen molar-refractivity contribution >= 4 is 45.2 Å². The molecular weight excluding hydrogens is 370 g/mol. The Morgan fingerprint density at radius 3 is 2.57 bits per heavy atom. The number of fused-ring (bicyclic) bond motifs is 1. The third kappa shape index (κ3) is 4.40. The van der Waals surface area contributed by atoms with Crippen LogP contribution in [0.25, 0.3) is 10.8 Å². The topological polar surface area (TPSA) is 70.6 Å². The first-order valence-corrected chi connectivity index (χ1v) is 9.90. The summed E-state index contributed by atoms with van der Waals surface area (Å²) < 4.78 is 0. The Hall–Kier alpha value is -3.12. The summed E-state index contributed by atoms with van der Waals surface area (Å²) in [6, 6.07) is 23.6. The summed E-state index contributed by atoms with van der Waals surface area (Å²) in [7, 11) is 0. The Balaban J connectivity index is 1.35. The van der Waals surface area contributed by atoms with E-state index in [9.17, 15) is 9.59 Å². The molecule has 1 unspecified atom stereocenters. The molecule has 2 amide bonds. The zero-order valence-electron chi connectivity index (χ0n) is 15.1. The highest BCUT2D eigenvalue weighted by Crippen LogP contribution is 2.24. The first-order valence-electron chi connectivity index (χ1n) is 9.02. The van der Waals surface area contributed by atoms with E-state index in [-0.39, 0.29) is 18.2 Å². The van der Waals surface area contributed by atoms with Crippen molar-refractivity contribution in [2.45, 2.75) is 18.2 Å². The van der Waals surface area contributed by atoms with Crippen molar-refractivity contribution in [2.75, 3.05) is 5.32 Å². The predicted octanol–water partition coefficient (Wildman–Crippen LogP) is 3.96. The first kappa shape index (κ1) is 18.3. The molecule has 1 aliphatic heterocycles. The normalized spacial score (nSPS) is 17.6. The maximum Gasteiger partial charge on any atom is 0.240 e. The maximum atomic E-state index is 12.4. The van der Waals surface area contributed by atoms with Gasteiger partial charge in [0.05, 0.1) is 6.54 Å². The van der Waals surface area contributed by atoms with Gasteiger partial charge in [0.15, 0.2) is 5.17 Å². The Labute approximate surface area is 167 Å². The molecule has 0 aliphatic carbocycles. The number of aliphatic imine (C=N–C) groups is 1. The number of thioether (sulfide) groups is 1. The Morgan fingerprint density at radius 2 is 1.75 bits per heavy atom. The average molecular weight is 389 g/mol. The lowest BCUT2D eigenvalue weighted by molar-refractivity contribution is -0.122. The molecule has 1 aliphatic rings. The number of amidine groups is 1. The van der Waals surface area contributed by atoms with E-state index >= 15 is 0 Å². The van der Waals surface area contributed by atoms with Gasteiger partial charge in [-0.05, 0) is 28.5 Å². The molecule has 1 atom stereocenters. The number of hydrogen-bond donors (Lipinski definition) is 2. The van der Waals surface area contributed by atoms with Crippen molar-refractivity contribution < 1.29 is 9.59 Å². The number of hydrogen-bond acceptors (Lipinski definition) is 4. The molecule has 1 fully saturated rings. The molecule has 0 spiro atoms. The van der Waals surface area contributed by atoms with E-state index in [2.05, 4.69) is 15.6 Å². The van der Waals surface area contributed by atoms with Gasteiger partial charge in [-0.1, -0.05) is 72.4 Å². The van der Waals surface area contributed by atoms with Crippen LogP contribution in [0.5, 0.6) is 0 Å². The third-order valence-electron chi connectivity index (χ3n) is 4.43. The summed E-state index contributed by atoms with van der Waals surface area (Å²) in [5.41, 5.74) is 1.80. The SMILES string of the molecule is O=C(CC1SC(=NCc2ccccc2)NC1=O)Nc1ccc2ccccc2c1. The second-order valence-corrected chi connectivity index (χ2v) is 7.71. The van der Waals surface area contributed by atoms with Crippen molar-refractivity contribution in [1.82, 2.24) is 5.32 Å². The smallest absolute Gasteiger partial charge is 0.240 e. The van der Waals surface area contributed by atoms with Crippen molar-refractivity contribution in [2.24, 2.45) is 4.99 Å². The number of rotatable bonds is 5. The Kier molecular flexibility index (Phi) is 5.39. The molecule has 5 nitrogen and oxygen atoms in total. The van der Waals surface area contributed by atoms with Gasteiger partial charge < -0.3 is 10.6 Å². The molecule has 0 aromatic heterocycles. The number of benzene rings is 3. The van der Waals surface area contributed by atoms with E-state index in [0.717, 1.165) is 22.0 Å². The third-order valence-corrected chi connectivity index (χ3v) is 5.55. The first-order chi connectivity index (χ1) is 13.7. The van der Waals surface area contributed by atoms with Gasteiger partial charge >= 0.3 is 0 Å². The molecule has 1 saturated heterocycles. The zero-order valence-corrected chi connectivity index (χ0v) is 15.9. The predicted molar refractivity (Wildman–Crippen MR) is 114 cm³/mol. The van der Waals surface area contributed by atoms with Crippen LogP contribution in [-0.2, 0) is 16.1 Å². The van der Waals surface area contributed by atoms with Crippen LogP contribution in [-0.4, -0.2) is 22.2 Å². The summed E-state index contributed by atoms with van der Waals surface area (Å²) in [4.78, 5) is 29.0. The highest BCUT2D eigenvalue weighted by atomic mass is 32.2. The molecule has 3 aromatic carbocycles. The highest BCUT2D eigenvalue weighted by molar-refractivity contribution is 8.15. The summed E-state index contributed by atoms with van der Waals surface area (Å²) >= 11 is 1.31. The molecule has 2 N–H and O–H groups in total. The van der Waals surface area contributed by atoms with E-state index in [1.54, 1.807) is 0 Å². The number of nitrogens with one attached hydrogen (secondary N) is 2. The van der Waals surface area contributed by atoms with Gasteiger partial charge in [-0.15, -0.1) is 0 Å². The highest BCUT2D eigenvalue weighted by Gasteiger charge is 2.31. The molecule has 4 rings (SSSR count). The van der Waals surface area contributed by atoms with E-state index in [1.165, 1.54) is 11.8 Å². The molecule has 0 radical (unpaired) electrons. The number of carbonyl (C=O) groups is 2. The van der Waals surface area contributed by atoms with Gasteiger partial charge in [-0.3, -0.25) is 14.6 Å². The van der Waals surface area contributed by atoms with Gasteiger partial charge in [-0.25, -0.2) is 0 Å². The van der Waals surface area contributed by atoms with Gasteiger partial charge in [0, 0.05) is 12.1 Å². The minimum Gasteiger partial charge on any atom is -0.326 e. The van der Waals surface area contributed by atoms with Gasteiger partial charge in [0.25, 0.3) is 0 Å². The summed E-state index contributed by atoms with van der Waals surface area (Å²) in [6.07, 6.45) is 0.105. The van der Waals surface area contributed by atoms with Crippen LogP contribution < -0.4 is 10.6 Å². The zero-order chi connectivity index (χ0) is 19.3. The molecule has 3 aromatic rings. The van der Waals surface area contributed by atoms with E-state index < -0.39 is 5.25 Å². The molecular formula is C22H19N3O2S. The minimum atomic E-state index is -0.463. The maximum absolute atomic E-state index is 12.4. The van der Waals surface area contributed by atoms with Crippen LogP contribution in [0.4, 0.5) is 5.69 Å². The fourth-order valence-corrected chi connectivity index (χ4v) is 3.98. The van der Waals surface area contributed by atoms with Crippen LogP contribution in [0.3, 0.4) is 0 Å². The van der Waals surface area contributed by atoms with Crippen LogP contribution in [0, 0.1) is 0 Å². The van der Waals surface area contributed by atoms with Crippen LogP contribution in [0.1, 0.15) is 12.0 Å². The number of nitrogens with zero attached hydrogens (tertiary/aromatic N) is 1. The van der Waals surface area contributed by atoms with Crippen molar-refractivity contribution in [3.05, 3.63) is 78.4 Å². The van der Waals surface area contributed by atoms with Crippen LogP contribution in [0.15, 0.2) is 77.8 Å². The molecule has 28 heavy (non-hydrogen) atoms. The fourth-order valence-electron chi connectivity index (χ4n) is 3.01. The van der Waals surface area contributed by atoms with E-state index in [1.807, 2.05) is 72.8 Å². The van der Waals surface area contributed by atoms with Crippen LogP contribution >= 0.6 is 11.8 Å². The van der Waals surface area contributed by atoms with E-state index in [0.29, 0.717) is 11.7 Å². The van der Waals surface area contributed by atoms with Gasteiger partial charge in [0.1, 0.15) is 5.25 Å². The quantitative estimate of drug-likeness (QED) is 0.694. The second kappa shape index (κ2) is 8.27. The Morgan fingerprint density at radius 1 is 1.00 bits per heavy atom. The molecule has 6 heteroatoms. The molecule has 0 bridgehead atoms. The van der Waals surface area contributed by atoms with Gasteiger partial charge in [-0.2, -0.15) is 0 Å². The summed E-state index contributed by atoms with van der Waals surface area (Å²) in [5, 5.41) is 7.92. The largest absolute Gasteiger partial charge is 0.326 e. The monoisotopic (exact) mass is 389 g/mol. The van der Waals surface area contributed by atoms with Gasteiger partial charge in [0.2, 0.25) is 11.8 Å². The van der Waals surface area contributed by atoms with Crippen molar-refractivity contribution in [1.29, 1.82) is 0 Å². The summed E-state index contributed by atoms with van der Waals surface area (Å²) in [6.45, 7) is 0.499. The molecule has 140 valence electrons.